The zero-order chi connectivity index (χ0) is 19.1. The lowest BCUT2D eigenvalue weighted by Crippen LogP contribution is -2.56. The summed E-state index contributed by atoms with van der Waals surface area (Å²) in [7, 11) is 1.61. The van der Waals surface area contributed by atoms with Gasteiger partial charge in [0.1, 0.15) is 5.54 Å². The van der Waals surface area contributed by atoms with Crippen LogP contribution in [0, 0.1) is 5.92 Å². The van der Waals surface area contributed by atoms with Gasteiger partial charge in [-0.2, -0.15) is 5.10 Å². The minimum atomic E-state index is -0.743. The molecule has 2 saturated heterocycles. The fraction of sp³-hybridized carbons (Fsp3) is 0.737. The average Bonchev–Trinajstić information content (AvgIpc) is 3.24. The number of likely N-dealkylation sites (tertiary alicyclic amines) is 1. The molecule has 0 aromatic carbocycles. The summed E-state index contributed by atoms with van der Waals surface area (Å²) in [6, 6.07) is 1.83. The van der Waals surface area contributed by atoms with Crippen LogP contribution in [0.5, 0.6) is 0 Å². The van der Waals surface area contributed by atoms with Crippen LogP contribution in [-0.2, 0) is 24.6 Å². The minimum Gasteiger partial charge on any atom is -0.383 e. The summed E-state index contributed by atoms with van der Waals surface area (Å²) in [5, 5.41) is 7.28. The third-order valence-corrected chi connectivity index (χ3v) is 5.70. The van der Waals surface area contributed by atoms with Crippen molar-refractivity contribution < 1.29 is 19.1 Å². The van der Waals surface area contributed by atoms with Gasteiger partial charge in [-0.3, -0.25) is 14.3 Å². The maximum absolute atomic E-state index is 12.9. The molecule has 1 aromatic heterocycles. The molecule has 3 rings (SSSR count). The molecule has 0 unspecified atom stereocenters. The fourth-order valence-corrected chi connectivity index (χ4v) is 3.97. The number of rotatable bonds is 7. The maximum Gasteiger partial charge on any atom is 0.248 e. The summed E-state index contributed by atoms with van der Waals surface area (Å²) in [5.74, 6) is 0.553. The van der Waals surface area contributed by atoms with Crippen LogP contribution in [0.25, 0.3) is 0 Å². The lowest BCUT2D eigenvalue weighted by atomic mass is 9.86. The molecule has 0 bridgehead atoms. The van der Waals surface area contributed by atoms with E-state index >= 15 is 0 Å². The van der Waals surface area contributed by atoms with Gasteiger partial charge in [0.2, 0.25) is 11.8 Å². The molecule has 8 nitrogen and oxygen atoms in total. The van der Waals surface area contributed by atoms with Crippen LogP contribution >= 0.6 is 0 Å². The highest BCUT2D eigenvalue weighted by molar-refractivity contribution is 5.85. The van der Waals surface area contributed by atoms with Gasteiger partial charge >= 0.3 is 0 Å². The number of carbonyl (C=O) groups excluding carboxylic acids is 2. The van der Waals surface area contributed by atoms with E-state index < -0.39 is 5.54 Å². The summed E-state index contributed by atoms with van der Waals surface area (Å²) < 4.78 is 12.1. The number of hydrogen-bond acceptors (Lipinski definition) is 5. The van der Waals surface area contributed by atoms with Gasteiger partial charge in [0, 0.05) is 58.8 Å². The van der Waals surface area contributed by atoms with E-state index in [0.717, 1.165) is 26.1 Å². The van der Waals surface area contributed by atoms with Crippen LogP contribution in [0.4, 0.5) is 0 Å². The standard InChI is InChI=1S/C19H30N4O4/c1-26-14-8-20-18(25)19(23-9-2-7-21-23)5-10-22(11-6-19)17(24)15-16-3-12-27-13-4-16/h2,7,9,16H,3-6,8,10-15H2,1H3,(H,20,25). The van der Waals surface area contributed by atoms with Crippen molar-refractivity contribution in [3.8, 4) is 0 Å². The van der Waals surface area contributed by atoms with Crippen molar-refractivity contribution in [2.75, 3.05) is 46.6 Å². The quantitative estimate of drug-likeness (QED) is 0.709. The molecule has 1 aromatic rings. The van der Waals surface area contributed by atoms with Crippen molar-refractivity contribution in [2.45, 2.75) is 37.6 Å². The molecule has 2 amide bonds. The van der Waals surface area contributed by atoms with Crippen molar-refractivity contribution in [3.05, 3.63) is 18.5 Å². The van der Waals surface area contributed by atoms with Gasteiger partial charge in [0.25, 0.3) is 0 Å². The first kappa shape index (κ1) is 19.8. The van der Waals surface area contributed by atoms with E-state index in [9.17, 15) is 9.59 Å². The van der Waals surface area contributed by atoms with Crippen LogP contribution < -0.4 is 5.32 Å². The van der Waals surface area contributed by atoms with Gasteiger partial charge in [-0.15, -0.1) is 0 Å². The molecule has 2 aliphatic rings. The van der Waals surface area contributed by atoms with E-state index in [1.165, 1.54) is 0 Å². The topological polar surface area (TPSA) is 85.7 Å². The largest absolute Gasteiger partial charge is 0.383 e. The molecule has 3 heterocycles. The second-order valence-electron chi connectivity index (χ2n) is 7.37. The summed E-state index contributed by atoms with van der Waals surface area (Å²) in [4.78, 5) is 27.5. The highest BCUT2D eigenvalue weighted by Crippen LogP contribution is 2.31. The van der Waals surface area contributed by atoms with Crippen molar-refractivity contribution >= 4 is 11.8 Å². The van der Waals surface area contributed by atoms with E-state index in [1.54, 1.807) is 18.0 Å². The molecular weight excluding hydrogens is 348 g/mol. The second kappa shape index (κ2) is 9.32. The maximum atomic E-state index is 12.9. The third-order valence-electron chi connectivity index (χ3n) is 5.70. The smallest absolute Gasteiger partial charge is 0.248 e. The zero-order valence-electron chi connectivity index (χ0n) is 16.1. The Labute approximate surface area is 160 Å². The Hall–Kier alpha value is -1.93. The molecule has 0 spiro atoms. The molecule has 27 heavy (non-hydrogen) atoms. The van der Waals surface area contributed by atoms with Crippen LogP contribution in [0.15, 0.2) is 18.5 Å². The highest BCUT2D eigenvalue weighted by atomic mass is 16.5. The van der Waals surface area contributed by atoms with Crippen molar-refractivity contribution in [1.29, 1.82) is 0 Å². The summed E-state index contributed by atoms with van der Waals surface area (Å²) >= 11 is 0. The predicted molar refractivity (Wildman–Crippen MR) is 99.1 cm³/mol. The van der Waals surface area contributed by atoms with E-state index in [1.807, 2.05) is 17.2 Å². The Morgan fingerprint density at radius 1 is 1.30 bits per heavy atom. The SMILES string of the molecule is COCCNC(=O)C1(n2cccn2)CCN(C(=O)CC2CCOCC2)CC1. The number of aromatic nitrogens is 2. The number of carbonyl (C=O) groups is 2. The summed E-state index contributed by atoms with van der Waals surface area (Å²) in [5.41, 5.74) is -0.743. The van der Waals surface area contributed by atoms with Gasteiger partial charge in [-0.1, -0.05) is 0 Å². The molecule has 0 aliphatic carbocycles. The van der Waals surface area contributed by atoms with Gasteiger partial charge in [-0.25, -0.2) is 0 Å². The predicted octanol–water partition coefficient (Wildman–Crippen LogP) is 0.780. The molecule has 2 fully saturated rings. The first-order valence-electron chi connectivity index (χ1n) is 9.78. The summed E-state index contributed by atoms with van der Waals surface area (Å²) in [6.45, 7) is 3.57. The summed E-state index contributed by atoms with van der Waals surface area (Å²) in [6.07, 6.45) is 7.14. The molecular formula is C19H30N4O4. The Balaban J connectivity index is 1.61. The van der Waals surface area contributed by atoms with Crippen LogP contribution in [-0.4, -0.2) is 73.1 Å². The van der Waals surface area contributed by atoms with E-state index in [4.69, 9.17) is 9.47 Å². The molecule has 0 atom stereocenters. The van der Waals surface area contributed by atoms with E-state index in [0.29, 0.717) is 51.4 Å². The van der Waals surface area contributed by atoms with Crippen molar-refractivity contribution in [3.63, 3.8) is 0 Å². The van der Waals surface area contributed by atoms with E-state index in [-0.39, 0.29) is 11.8 Å². The van der Waals surface area contributed by atoms with Crippen LogP contribution in [0.1, 0.15) is 32.1 Å². The molecule has 0 saturated carbocycles. The number of ether oxygens (including phenoxy) is 2. The van der Waals surface area contributed by atoms with Gasteiger partial charge in [0.05, 0.1) is 6.61 Å². The van der Waals surface area contributed by atoms with Crippen LogP contribution in [0.3, 0.4) is 0 Å². The van der Waals surface area contributed by atoms with E-state index in [2.05, 4.69) is 10.4 Å². The van der Waals surface area contributed by atoms with Gasteiger partial charge in [0.15, 0.2) is 0 Å². The number of nitrogens with zero attached hydrogens (tertiary/aromatic N) is 3. The molecule has 150 valence electrons. The Bertz CT molecular complexity index is 605. The normalized spacial score (nSPS) is 20.4. The molecule has 0 radical (unpaired) electrons. The Kier molecular flexibility index (Phi) is 6.84. The van der Waals surface area contributed by atoms with Gasteiger partial charge in [-0.05, 0) is 37.7 Å². The molecule has 8 heteroatoms. The molecule has 1 N–H and O–H groups in total. The first-order valence-corrected chi connectivity index (χ1v) is 9.78. The van der Waals surface area contributed by atoms with Gasteiger partial charge < -0.3 is 19.7 Å². The number of piperidine rings is 1. The highest BCUT2D eigenvalue weighted by Gasteiger charge is 2.44. The average molecular weight is 378 g/mol. The lowest BCUT2D eigenvalue weighted by molar-refractivity contribution is -0.141. The monoisotopic (exact) mass is 378 g/mol. The van der Waals surface area contributed by atoms with Crippen molar-refractivity contribution in [1.82, 2.24) is 20.0 Å². The molecule has 2 aliphatic heterocycles. The lowest BCUT2D eigenvalue weighted by Gasteiger charge is -2.41. The number of hydrogen-bond donors (Lipinski definition) is 1. The Morgan fingerprint density at radius 2 is 2.04 bits per heavy atom. The zero-order valence-corrected chi connectivity index (χ0v) is 16.1. The first-order chi connectivity index (χ1) is 13.2. The fourth-order valence-electron chi connectivity index (χ4n) is 3.97. The van der Waals surface area contributed by atoms with Crippen LogP contribution in [0.2, 0.25) is 0 Å². The number of amides is 2. The number of methoxy groups -OCH3 is 1. The minimum absolute atomic E-state index is 0.0558. The Morgan fingerprint density at radius 3 is 2.67 bits per heavy atom. The van der Waals surface area contributed by atoms with Crippen molar-refractivity contribution in [2.24, 2.45) is 5.92 Å². The number of nitrogens with one attached hydrogen (secondary N) is 1. The second-order valence-corrected chi connectivity index (χ2v) is 7.37. The third kappa shape index (κ3) is 4.68.